The molecule has 0 saturated carbocycles. The van der Waals surface area contributed by atoms with E-state index < -0.39 is 0 Å². The Balaban J connectivity index is 2.23. The van der Waals surface area contributed by atoms with Crippen LogP contribution < -0.4 is 15.8 Å². The normalized spacial score (nSPS) is 12.0. The first-order valence-corrected chi connectivity index (χ1v) is 6.81. The van der Waals surface area contributed by atoms with Crippen LogP contribution in [0, 0.1) is 13.8 Å². The lowest BCUT2D eigenvalue weighted by atomic mass is 10.1. The van der Waals surface area contributed by atoms with Crippen LogP contribution in [0.15, 0.2) is 42.5 Å². The number of nitrogens with two attached hydrogens (primary N) is 1. The number of nitrogens with one attached hydrogen (secondary N) is 1. The summed E-state index contributed by atoms with van der Waals surface area (Å²) in [5.41, 5.74) is 10.6. The number of aryl methyl sites for hydroxylation is 2. The van der Waals surface area contributed by atoms with Crippen LogP contribution in [0.3, 0.4) is 0 Å². The summed E-state index contributed by atoms with van der Waals surface area (Å²) in [5.74, 6) is 0.850. The second kappa shape index (κ2) is 6.44. The van der Waals surface area contributed by atoms with Gasteiger partial charge in [0.05, 0.1) is 13.2 Å². The van der Waals surface area contributed by atoms with Gasteiger partial charge in [0, 0.05) is 12.2 Å². The molecule has 0 aromatic heterocycles. The van der Waals surface area contributed by atoms with Crippen LogP contribution in [-0.4, -0.2) is 13.7 Å². The van der Waals surface area contributed by atoms with Crippen LogP contribution in [0.4, 0.5) is 5.69 Å². The number of hydrogen-bond acceptors (Lipinski definition) is 3. The first-order valence-electron chi connectivity index (χ1n) is 6.81. The van der Waals surface area contributed by atoms with Crippen LogP contribution in [0.25, 0.3) is 0 Å². The predicted molar refractivity (Wildman–Crippen MR) is 84.3 cm³/mol. The lowest BCUT2D eigenvalue weighted by Gasteiger charge is -2.20. The number of anilines is 1. The average Bonchev–Trinajstić information content (AvgIpc) is 2.44. The lowest BCUT2D eigenvalue weighted by Crippen LogP contribution is -2.20. The van der Waals surface area contributed by atoms with Gasteiger partial charge in [-0.3, -0.25) is 0 Å². The highest BCUT2D eigenvalue weighted by Crippen LogP contribution is 2.23. The summed E-state index contributed by atoms with van der Waals surface area (Å²) >= 11 is 0. The molecule has 1 atom stereocenters. The van der Waals surface area contributed by atoms with Crippen molar-refractivity contribution in [1.82, 2.24) is 0 Å². The molecule has 3 N–H and O–H groups in total. The van der Waals surface area contributed by atoms with Crippen LogP contribution in [0.2, 0.25) is 0 Å². The molecule has 3 nitrogen and oxygen atoms in total. The Morgan fingerprint density at radius 2 is 1.80 bits per heavy atom. The van der Waals surface area contributed by atoms with Gasteiger partial charge in [-0.1, -0.05) is 18.2 Å². The zero-order chi connectivity index (χ0) is 14.5. The fourth-order valence-electron chi connectivity index (χ4n) is 2.40. The number of methoxy groups -OCH3 is 1. The second-order valence-electron chi connectivity index (χ2n) is 5.09. The van der Waals surface area contributed by atoms with Gasteiger partial charge in [-0.25, -0.2) is 0 Å². The summed E-state index contributed by atoms with van der Waals surface area (Å²) in [6, 6.07) is 14.5. The quantitative estimate of drug-likeness (QED) is 0.875. The first kappa shape index (κ1) is 14.4. The largest absolute Gasteiger partial charge is 0.497 e. The van der Waals surface area contributed by atoms with E-state index in [-0.39, 0.29) is 6.04 Å². The van der Waals surface area contributed by atoms with E-state index in [4.69, 9.17) is 10.5 Å². The fourth-order valence-corrected chi connectivity index (χ4v) is 2.40. The minimum Gasteiger partial charge on any atom is -0.497 e. The van der Waals surface area contributed by atoms with Gasteiger partial charge in [-0.15, -0.1) is 0 Å². The highest BCUT2D eigenvalue weighted by Gasteiger charge is 2.10. The van der Waals surface area contributed by atoms with Gasteiger partial charge in [0.2, 0.25) is 0 Å². The van der Waals surface area contributed by atoms with Crippen LogP contribution in [0.1, 0.15) is 22.7 Å². The summed E-state index contributed by atoms with van der Waals surface area (Å²) in [5, 5.41) is 3.50. The second-order valence-corrected chi connectivity index (χ2v) is 5.09. The molecule has 2 rings (SSSR count). The molecule has 0 amide bonds. The summed E-state index contributed by atoms with van der Waals surface area (Å²) < 4.78 is 5.27. The molecule has 3 heteroatoms. The third-order valence-electron chi connectivity index (χ3n) is 3.29. The van der Waals surface area contributed by atoms with E-state index in [1.54, 1.807) is 7.11 Å². The van der Waals surface area contributed by atoms with Crippen molar-refractivity contribution in [2.24, 2.45) is 5.73 Å². The number of rotatable bonds is 5. The summed E-state index contributed by atoms with van der Waals surface area (Å²) in [6.07, 6.45) is 0. The van der Waals surface area contributed by atoms with Crippen molar-refractivity contribution >= 4 is 5.69 Å². The highest BCUT2D eigenvalue weighted by atomic mass is 16.5. The molecule has 0 aliphatic carbocycles. The molecule has 20 heavy (non-hydrogen) atoms. The van der Waals surface area contributed by atoms with E-state index in [0.29, 0.717) is 6.54 Å². The molecule has 0 radical (unpaired) electrons. The molecule has 0 aliphatic rings. The number of ether oxygens (including phenoxy) is 1. The zero-order valence-electron chi connectivity index (χ0n) is 12.3. The van der Waals surface area contributed by atoms with Crippen LogP contribution in [-0.2, 0) is 0 Å². The third-order valence-corrected chi connectivity index (χ3v) is 3.29. The Morgan fingerprint density at radius 3 is 2.40 bits per heavy atom. The maximum Gasteiger partial charge on any atom is 0.119 e. The molecule has 0 aliphatic heterocycles. The lowest BCUT2D eigenvalue weighted by molar-refractivity contribution is 0.414. The Morgan fingerprint density at radius 1 is 1.10 bits per heavy atom. The minimum atomic E-state index is 0.0753. The number of benzene rings is 2. The van der Waals surface area contributed by atoms with Crippen LogP contribution in [0.5, 0.6) is 5.75 Å². The van der Waals surface area contributed by atoms with Gasteiger partial charge in [0.1, 0.15) is 5.75 Å². The molecule has 106 valence electrons. The van der Waals surface area contributed by atoms with Crippen molar-refractivity contribution in [2.45, 2.75) is 19.9 Å². The van der Waals surface area contributed by atoms with Gasteiger partial charge in [0.15, 0.2) is 0 Å². The highest BCUT2D eigenvalue weighted by molar-refractivity contribution is 5.50. The Kier molecular flexibility index (Phi) is 4.64. The van der Waals surface area contributed by atoms with E-state index in [0.717, 1.165) is 17.0 Å². The monoisotopic (exact) mass is 270 g/mol. The fraction of sp³-hybridized carbons (Fsp3) is 0.294. The van der Waals surface area contributed by atoms with Crippen molar-refractivity contribution in [3.05, 3.63) is 59.2 Å². The topological polar surface area (TPSA) is 47.3 Å². The maximum absolute atomic E-state index is 5.92. The zero-order valence-corrected chi connectivity index (χ0v) is 12.3. The molecular weight excluding hydrogens is 248 g/mol. The van der Waals surface area contributed by atoms with Crippen molar-refractivity contribution in [2.75, 3.05) is 19.0 Å². The Bertz CT molecular complexity index is 561. The SMILES string of the molecule is COc1cccc(C(CN)Nc2cc(C)cc(C)c2)c1. The molecular formula is C17H22N2O. The molecule has 2 aromatic rings. The van der Waals surface area contributed by atoms with Gasteiger partial charge >= 0.3 is 0 Å². The van der Waals surface area contributed by atoms with Crippen LogP contribution >= 0.6 is 0 Å². The predicted octanol–water partition coefficient (Wildman–Crippen LogP) is 3.42. The summed E-state index contributed by atoms with van der Waals surface area (Å²) in [4.78, 5) is 0. The number of hydrogen-bond donors (Lipinski definition) is 2. The molecule has 0 heterocycles. The third kappa shape index (κ3) is 3.52. The first-order chi connectivity index (χ1) is 9.62. The molecule has 0 fully saturated rings. The molecule has 0 bridgehead atoms. The van der Waals surface area contributed by atoms with Gasteiger partial charge in [-0.2, -0.15) is 0 Å². The standard InChI is InChI=1S/C17H22N2O/c1-12-7-13(2)9-15(8-12)19-17(11-18)14-5-4-6-16(10-14)20-3/h4-10,17,19H,11,18H2,1-3H3. The summed E-state index contributed by atoms with van der Waals surface area (Å²) in [6.45, 7) is 4.72. The van der Waals surface area contributed by atoms with Crippen molar-refractivity contribution in [1.29, 1.82) is 0 Å². The van der Waals surface area contributed by atoms with Gasteiger partial charge in [-0.05, 0) is 54.8 Å². The van der Waals surface area contributed by atoms with E-state index >= 15 is 0 Å². The summed E-state index contributed by atoms with van der Waals surface area (Å²) in [7, 11) is 1.67. The smallest absolute Gasteiger partial charge is 0.119 e. The average molecular weight is 270 g/mol. The minimum absolute atomic E-state index is 0.0753. The van der Waals surface area contributed by atoms with Gasteiger partial charge < -0.3 is 15.8 Å². The Hall–Kier alpha value is -2.00. The maximum atomic E-state index is 5.92. The molecule has 2 aromatic carbocycles. The van der Waals surface area contributed by atoms with E-state index in [9.17, 15) is 0 Å². The Labute approximate surface area is 120 Å². The molecule has 0 spiro atoms. The van der Waals surface area contributed by atoms with Crippen molar-refractivity contribution in [3.63, 3.8) is 0 Å². The molecule has 0 saturated heterocycles. The van der Waals surface area contributed by atoms with Crippen molar-refractivity contribution < 1.29 is 4.74 Å². The van der Waals surface area contributed by atoms with Crippen molar-refractivity contribution in [3.8, 4) is 5.75 Å². The van der Waals surface area contributed by atoms with E-state index in [1.807, 2.05) is 18.2 Å². The molecule has 1 unspecified atom stereocenters. The van der Waals surface area contributed by atoms with E-state index in [1.165, 1.54) is 11.1 Å². The van der Waals surface area contributed by atoms with Gasteiger partial charge in [0.25, 0.3) is 0 Å². The van der Waals surface area contributed by atoms with E-state index in [2.05, 4.69) is 43.4 Å².